The Balaban J connectivity index is 5.00. The van der Waals surface area contributed by atoms with E-state index in [2.05, 4.69) is 10.6 Å². The molecule has 0 aromatic heterocycles. The van der Waals surface area contributed by atoms with Crippen molar-refractivity contribution in [3.63, 3.8) is 0 Å². The monoisotopic (exact) mass is 773 g/mol. The molecule has 0 heterocycles. The Hall–Kier alpha value is -3.63. The van der Waals surface area contributed by atoms with Gasteiger partial charge in [-0.3, -0.25) is 28.8 Å². The van der Waals surface area contributed by atoms with E-state index in [1.54, 1.807) is 20.8 Å². The number of amides is 2. The third kappa shape index (κ3) is 27.9. The number of rotatable bonds is 32. The Labute approximate surface area is 320 Å². The van der Waals surface area contributed by atoms with E-state index in [0.717, 1.165) is 19.3 Å². The number of esters is 4. The maximum absolute atomic E-state index is 13.5. The number of hydrogen-bond acceptors (Lipinski definition) is 14. The van der Waals surface area contributed by atoms with Crippen LogP contribution in [0.15, 0.2) is 0 Å². The van der Waals surface area contributed by atoms with Gasteiger partial charge in [0.15, 0.2) is 5.78 Å². The fourth-order valence-corrected chi connectivity index (χ4v) is 4.51. The summed E-state index contributed by atoms with van der Waals surface area (Å²) in [7, 11) is 0. The van der Waals surface area contributed by atoms with E-state index in [-0.39, 0.29) is 104 Å². The molecule has 0 aliphatic carbocycles. The zero-order valence-corrected chi connectivity index (χ0v) is 33.5. The van der Waals surface area contributed by atoms with Crippen molar-refractivity contribution in [2.75, 3.05) is 52.8 Å². The molecule has 16 heteroatoms. The van der Waals surface area contributed by atoms with Crippen molar-refractivity contribution >= 4 is 41.5 Å². The molecule has 3 unspecified atom stereocenters. The summed E-state index contributed by atoms with van der Waals surface area (Å²) in [6.07, 6.45) is 4.09. The van der Waals surface area contributed by atoms with Crippen LogP contribution in [0.25, 0.3) is 0 Å². The summed E-state index contributed by atoms with van der Waals surface area (Å²) in [5.41, 5.74) is 5.14. The van der Waals surface area contributed by atoms with E-state index < -0.39 is 59.2 Å². The van der Waals surface area contributed by atoms with Crippen molar-refractivity contribution in [3.05, 3.63) is 0 Å². The maximum atomic E-state index is 13.5. The minimum atomic E-state index is -1.16. The Kier molecular flexibility index (Phi) is 28.6. The quantitative estimate of drug-likeness (QED) is 0.0507. The predicted molar refractivity (Wildman–Crippen MR) is 199 cm³/mol. The van der Waals surface area contributed by atoms with Crippen molar-refractivity contribution in [3.8, 4) is 0 Å². The molecular weight excluding hydrogens is 706 g/mol. The zero-order valence-electron chi connectivity index (χ0n) is 33.5. The summed E-state index contributed by atoms with van der Waals surface area (Å²) in [6, 6.07) is -2.06. The van der Waals surface area contributed by atoms with Gasteiger partial charge in [0.25, 0.3) is 0 Å². The number of nitrogens with two attached hydrogens (primary N) is 1. The number of hydrogen-bond donors (Lipinski definition) is 3. The van der Waals surface area contributed by atoms with E-state index >= 15 is 0 Å². The summed E-state index contributed by atoms with van der Waals surface area (Å²) in [5.74, 6) is -4.61. The molecular formula is C38H67N3O13. The molecule has 4 N–H and O–H groups in total. The molecule has 0 spiro atoms. The van der Waals surface area contributed by atoms with Gasteiger partial charge >= 0.3 is 23.9 Å². The van der Waals surface area contributed by atoms with Crippen LogP contribution < -0.4 is 16.4 Å². The van der Waals surface area contributed by atoms with Crippen LogP contribution in [0, 0.1) is 5.92 Å². The topological polar surface area (TPSA) is 225 Å². The van der Waals surface area contributed by atoms with Gasteiger partial charge in [-0.05, 0) is 59.3 Å². The minimum Gasteiger partial charge on any atom is -0.466 e. The minimum absolute atomic E-state index is 0.0129. The van der Waals surface area contributed by atoms with Crippen molar-refractivity contribution in [2.45, 2.75) is 143 Å². The Morgan fingerprint density at radius 1 is 0.648 bits per heavy atom. The fourth-order valence-electron chi connectivity index (χ4n) is 4.51. The molecule has 3 atom stereocenters. The Bertz CT molecular complexity index is 1130. The van der Waals surface area contributed by atoms with Gasteiger partial charge in [-0.15, -0.1) is 0 Å². The highest BCUT2D eigenvalue weighted by Gasteiger charge is 2.29. The molecule has 0 aromatic carbocycles. The summed E-state index contributed by atoms with van der Waals surface area (Å²) in [4.78, 5) is 87.8. The van der Waals surface area contributed by atoms with Crippen LogP contribution in [0.2, 0.25) is 0 Å². The fraction of sp³-hybridized carbons (Fsp3) is 0.816. The van der Waals surface area contributed by atoms with Crippen LogP contribution in [-0.2, 0) is 62.0 Å². The first-order valence-electron chi connectivity index (χ1n) is 19.3. The highest BCUT2D eigenvalue weighted by atomic mass is 16.6. The lowest BCUT2D eigenvalue weighted by molar-refractivity contribution is -0.156. The van der Waals surface area contributed by atoms with Crippen molar-refractivity contribution in [1.82, 2.24) is 10.6 Å². The molecule has 0 saturated carbocycles. The Morgan fingerprint density at radius 3 is 1.78 bits per heavy atom. The smallest absolute Gasteiger partial charge is 0.328 e. The van der Waals surface area contributed by atoms with Gasteiger partial charge < -0.3 is 44.8 Å². The Morgan fingerprint density at radius 2 is 1.20 bits per heavy atom. The first kappa shape index (κ1) is 50.4. The highest BCUT2D eigenvalue weighted by Crippen LogP contribution is 2.16. The molecule has 0 aliphatic heterocycles. The number of ketones is 1. The van der Waals surface area contributed by atoms with Gasteiger partial charge in [-0.1, -0.05) is 40.0 Å². The largest absolute Gasteiger partial charge is 0.466 e. The van der Waals surface area contributed by atoms with Crippen LogP contribution >= 0.6 is 0 Å². The highest BCUT2D eigenvalue weighted by molar-refractivity contribution is 5.90. The lowest BCUT2D eigenvalue weighted by Crippen LogP contribution is -2.45. The average Bonchev–Trinajstić information content (AvgIpc) is 3.11. The number of carbonyl (C=O) groups excluding carboxylic acids is 7. The number of Topliss-reactive ketones (excluding diaryl/α,β-unsaturated/α-hetero) is 1. The summed E-state index contributed by atoms with van der Waals surface area (Å²) in [6.45, 7) is 12.0. The van der Waals surface area contributed by atoms with Gasteiger partial charge in [0, 0.05) is 38.1 Å². The normalized spacial score (nSPS) is 12.9. The van der Waals surface area contributed by atoms with Crippen LogP contribution in [0.1, 0.15) is 125 Å². The van der Waals surface area contributed by atoms with Crippen LogP contribution in [-0.4, -0.2) is 112 Å². The predicted octanol–water partition coefficient (Wildman–Crippen LogP) is 3.24. The molecule has 54 heavy (non-hydrogen) atoms. The summed E-state index contributed by atoms with van der Waals surface area (Å²) in [5, 5.41) is 5.30. The molecule has 0 fully saturated rings. The van der Waals surface area contributed by atoms with Gasteiger partial charge in [-0.2, -0.15) is 0 Å². The first-order valence-corrected chi connectivity index (χ1v) is 19.3. The van der Waals surface area contributed by atoms with Crippen LogP contribution in [0.5, 0.6) is 0 Å². The van der Waals surface area contributed by atoms with Crippen molar-refractivity contribution in [1.29, 1.82) is 0 Å². The van der Waals surface area contributed by atoms with Gasteiger partial charge in [0.1, 0.15) is 24.3 Å². The standard InChI is InChI=1S/C38H67N3O13/c1-7-10-20-51-33(44)17-13-28(35(46)41-31(37(48)53-22-12-9-3)15-18-34(45)52-21-11-8-2)26-29(42)27-50-25-24-49-23-19-40-32(43)16-14-30(39)36(47)54-38(4,5)6/h28,30-31H,7-27,39H2,1-6H3,(H,40,43)(H,41,46). The molecule has 0 saturated heterocycles. The van der Waals surface area contributed by atoms with E-state index in [1.807, 2.05) is 20.8 Å². The zero-order chi connectivity index (χ0) is 40.8. The second-order valence-corrected chi connectivity index (χ2v) is 13.9. The molecule has 16 nitrogen and oxygen atoms in total. The summed E-state index contributed by atoms with van der Waals surface area (Å²) >= 11 is 0. The van der Waals surface area contributed by atoms with E-state index in [9.17, 15) is 33.6 Å². The molecule has 0 aliphatic rings. The lowest BCUT2D eigenvalue weighted by Gasteiger charge is -2.22. The van der Waals surface area contributed by atoms with Gasteiger partial charge in [-0.25, -0.2) is 4.79 Å². The molecule has 312 valence electrons. The van der Waals surface area contributed by atoms with Crippen LogP contribution in [0.3, 0.4) is 0 Å². The second kappa shape index (κ2) is 30.7. The number of ether oxygens (including phenoxy) is 6. The number of carbonyl (C=O) groups is 7. The van der Waals surface area contributed by atoms with Crippen molar-refractivity contribution < 1.29 is 62.0 Å². The average molecular weight is 774 g/mol. The van der Waals surface area contributed by atoms with Gasteiger partial charge in [0.05, 0.1) is 39.6 Å². The lowest BCUT2D eigenvalue weighted by atomic mass is 9.95. The van der Waals surface area contributed by atoms with E-state index in [4.69, 9.17) is 34.2 Å². The van der Waals surface area contributed by atoms with Crippen LogP contribution in [0.4, 0.5) is 0 Å². The molecule has 0 bridgehead atoms. The molecule has 0 radical (unpaired) electrons. The molecule has 2 amide bonds. The summed E-state index contributed by atoms with van der Waals surface area (Å²) < 4.78 is 31.8. The first-order chi connectivity index (χ1) is 25.6. The number of unbranched alkanes of at least 4 members (excludes halogenated alkanes) is 3. The SMILES string of the molecule is CCCCOC(=O)CCC(CC(=O)COCCOCCNC(=O)CCC(N)C(=O)OC(C)(C)C)C(=O)NC(CCC(=O)OCCCC)C(=O)OCCCC. The second-order valence-electron chi connectivity index (χ2n) is 13.9. The van der Waals surface area contributed by atoms with E-state index in [0.29, 0.717) is 19.3 Å². The third-order valence-electron chi connectivity index (χ3n) is 7.64. The van der Waals surface area contributed by atoms with Crippen molar-refractivity contribution in [2.24, 2.45) is 11.7 Å². The third-order valence-corrected chi connectivity index (χ3v) is 7.64. The maximum Gasteiger partial charge on any atom is 0.328 e. The van der Waals surface area contributed by atoms with Gasteiger partial charge in [0.2, 0.25) is 11.8 Å². The number of nitrogens with one attached hydrogen (secondary N) is 2. The molecule has 0 rings (SSSR count). The van der Waals surface area contributed by atoms with E-state index in [1.165, 1.54) is 0 Å². The molecule has 0 aromatic rings.